The van der Waals surface area contributed by atoms with Crippen molar-refractivity contribution in [3.8, 4) is 0 Å². The Morgan fingerprint density at radius 3 is 1.97 bits per heavy atom. The first-order valence-electron chi connectivity index (χ1n) is 9.02. The molecule has 0 heterocycles. The Hall–Kier alpha value is -1.90. The highest BCUT2D eigenvalue weighted by atomic mass is 35.5. The lowest BCUT2D eigenvalue weighted by Crippen LogP contribution is -2.40. The molecule has 0 atom stereocenters. The van der Waals surface area contributed by atoms with Crippen LogP contribution in [0.4, 0.5) is 0 Å². The topological polar surface area (TPSA) is 104 Å². The SMILES string of the molecule is CC(C)(C)NS(=O)(=O)c1ccc(C(=C(CCO)C(=O)O)c2cc(Cl)cc(Cl)c2)cc1. The number of carboxylic acids is 1. The predicted molar refractivity (Wildman–Crippen MR) is 118 cm³/mol. The van der Waals surface area contributed by atoms with Gasteiger partial charge in [0.25, 0.3) is 0 Å². The lowest BCUT2D eigenvalue weighted by molar-refractivity contribution is -0.132. The van der Waals surface area contributed by atoms with Gasteiger partial charge in [0.15, 0.2) is 0 Å². The van der Waals surface area contributed by atoms with Crippen molar-refractivity contribution in [3.63, 3.8) is 0 Å². The Morgan fingerprint density at radius 1 is 1.00 bits per heavy atom. The minimum Gasteiger partial charge on any atom is -0.478 e. The van der Waals surface area contributed by atoms with Gasteiger partial charge in [-0.15, -0.1) is 0 Å². The number of halogens is 2. The van der Waals surface area contributed by atoms with Crippen LogP contribution in [0.1, 0.15) is 38.3 Å². The summed E-state index contributed by atoms with van der Waals surface area (Å²) in [5.41, 5.74) is 0.501. The highest BCUT2D eigenvalue weighted by Gasteiger charge is 2.23. The van der Waals surface area contributed by atoms with Crippen LogP contribution in [0.2, 0.25) is 10.0 Å². The molecule has 0 saturated heterocycles. The third kappa shape index (κ3) is 6.30. The molecule has 3 N–H and O–H groups in total. The third-order valence-electron chi connectivity index (χ3n) is 3.97. The van der Waals surface area contributed by atoms with E-state index in [0.29, 0.717) is 26.7 Å². The summed E-state index contributed by atoms with van der Waals surface area (Å²) in [4.78, 5) is 11.9. The molecule has 0 amide bonds. The molecule has 2 rings (SSSR count). The van der Waals surface area contributed by atoms with Crippen molar-refractivity contribution in [2.24, 2.45) is 0 Å². The van der Waals surface area contributed by atoms with Crippen LogP contribution < -0.4 is 4.72 Å². The molecule has 0 aliphatic rings. The second-order valence-corrected chi connectivity index (χ2v) is 10.2. The number of carbonyl (C=O) groups is 1. The quantitative estimate of drug-likeness (QED) is 0.521. The molecule has 6 nitrogen and oxygen atoms in total. The summed E-state index contributed by atoms with van der Waals surface area (Å²) in [6.45, 7) is 4.82. The summed E-state index contributed by atoms with van der Waals surface area (Å²) in [6, 6.07) is 10.5. The number of hydrogen-bond acceptors (Lipinski definition) is 4. The molecule has 2 aromatic carbocycles. The van der Waals surface area contributed by atoms with E-state index in [0.717, 1.165) is 0 Å². The number of aliphatic hydroxyl groups is 1. The summed E-state index contributed by atoms with van der Waals surface area (Å²) in [6.07, 6.45) is -0.111. The molecule has 0 aromatic heterocycles. The fourth-order valence-electron chi connectivity index (χ4n) is 2.93. The summed E-state index contributed by atoms with van der Waals surface area (Å²) >= 11 is 12.2. The van der Waals surface area contributed by atoms with Gasteiger partial charge in [0.2, 0.25) is 10.0 Å². The fourth-order valence-corrected chi connectivity index (χ4v) is 4.87. The first-order valence-corrected chi connectivity index (χ1v) is 11.3. The first kappa shape index (κ1) is 24.4. The molecule has 0 radical (unpaired) electrons. The van der Waals surface area contributed by atoms with E-state index in [2.05, 4.69) is 4.72 Å². The van der Waals surface area contributed by atoms with Gasteiger partial charge in [0.05, 0.1) is 4.90 Å². The Balaban J connectivity index is 2.66. The second-order valence-electron chi connectivity index (χ2n) is 7.67. The Labute approximate surface area is 186 Å². The first-order chi connectivity index (χ1) is 13.8. The predicted octanol–water partition coefficient (Wildman–Crippen LogP) is 4.34. The fraction of sp³-hybridized carbons (Fsp3) is 0.286. The zero-order valence-corrected chi connectivity index (χ0v) is 19.1. The average molecular weight is 472 g/mol. The van der Waals surface area contributed by atoms with Crippen LogP contribution in [-0.4, -0.2) is 36.7 Å². The average Bonchev–Trinajstić information content (AvgIpc) is 2.59. The summed E-state index contributed by atoms with van der Waals surface area (Å²) in [7, 11) is -3.75. The molecule has 0 saturated carbocycles. The minimum atomic E-state index is -3.75. The van der Waals surface area contributed by atoms with Gasteiger partial charge in [0, 0.05) is 34.2 Å². The van der Waals surface area contributed by atoms with Crippen molar-refractivity contribution in [3.05, 3.63) is 69.2 Å². The van der Waals surface area contributed by atoms with Crippen molar-refractivity contribution in [2.75, 3.05) is 6.61 Å². The maximum atomic E-state index is 12.5. The van der Waals surface area contributed by atoms with Crippen LogP contribution in [0.3, 0.4) is 0 Å². The highest BCUT2D eigenvalue weighted by Crippen LogP contribution is 2.33. The van der Waals surface area contributed by atoms with E-state index in [9.17, 15) is 23.4 Å². The number of aliphatic hydroxyl groups excluding tert-OH is 1. The van der Waals surface area contributed by atoms with Crippen molar-refractivity contribution in [2.45, 2.75) is 37.6 Å². The van der Waals surface area contributed by atoms with Crippen molar-refractivity contribution in [1.82, 2.24) is 4.72 Å². The molecular formula is C21H23Cl2NO5S. The molecule has 0 aliphatic heterocycles. The molecule has 0 spiro atoms. The molecule has 2 aromatic rings. The van der Waals surface area contributed by atoms with Gasteiger partial charge in [-0.2, -0.15) is 0 Å². The molecule has 0 fully saturated rings. The van der Waals surface area contributed by atoms with Crippen molar-refractivity contribution < 1.29 is 23.4 Å². The largest absolute Gasteiger partial charge is 0.478 e. The smallest absolute Gasteiger partial charge is 0.332 e. The number of carboxylic acid groups (broad SMARTS) is 1. The summed E-state index contributed by atoms with van der Waals surface area (Å²) < 4.78 is 27.7. The molecule has 0 aliphatic carbocycles. The Bertz CT molecular complexity index is 1050. The van der Waals surface area contributed by atoms with Gasteiger partial charge in [-0.1, -0.05) is 35.3 Å². The minimum absolute atomic E-state index is 0.0424. The van der Waals surface area contributed by atoms with Gasteiger partial charge >= 0.3 is 5.97 Å². The third-order valence-corrected chi connectivity index (χ3v) is 6.18. The second kappa shape index (κ2) is 9.49. The van der Waals surface area contributed by atoms with E-state index < -0.39 is 21.5 Å². The van der Waals surface area contributed by atoms with E-state index in [1.807, 2.05) is 0 Å². The molecule has 0 bridgehead atoms. The zero-order valence-electron chi connectivity index (χ0n) is 16.7. The van der Waals surface area contributed by atoms with Crippen molar-refractivity contribution in [1.29, 1.82) is 0 Å². The van der Waals surface area contributed by atoms with Crippen LogP contribution in [-0.2, 0) is 14.8 Å². The van der Waals surface area contributed by atoms with Crippen LogP contribution in [0, 0.1) is 0 Å². The number of hydrogen-bond donors (Lipinski definition) is 3. The number of rotatable bonds is 7. The highest BCUT2D eigenvalue weighted by molar-refractivity contribution is 7.89. The molecule has 162 valence electrons. The van der Waals surface area contributed by atoms with Gasteiger partial charge < -0.3 is 10.2 Å². The van der Waals surface area contributed by atoms with Crippen molar-refractivity contribution >= 4 is 44.8 Å². The Morgan fingerprint density at radius 2 is 1.53 bits per heavy atom. The zero-order chi connectivity index (χ0) is 22.7. The maximum Gasteiger partial charge on any atom is 0.332 e. The van der Waals surface area contributed by atoms with Crippen LogP contribution >= 0.6 is 23.2 Å². The molecule has 30 heavy (non-hydrogen) atoms. The lowest BCUT2D eigenvalue weighted by Gasteiger charge is -2.20. The molecule has 9 heteroatoms. The standard InChI is InChI=1S/C21H23Cl2NO5S/c1-21(2,3)24-30(28,29)17-6-4-13(5-7-17)19(18(8-9-25)20(26)27)14-10-15(22)12-16(23)11-14/h4-7,10-12,24-25H,8-9H2,1-3H3,(H,26,27). The van der Waals surface area contributed by atoms with Gasteiger partial charge in [-0.3, -0.25) is 0 Å². The lowest BCUT2D eigenvalue weighted by atomic mass is 9.91. The van der Waals surface area contributed by atoms with Gasteiger partial charge in [-0.25, -0.2) is 17.9 Å². The van der Waals surface area contributed by atoms with Crippen LogP contribution in [0.5, 0.6) is 0 Å². The van der Waals surface area contributed by atoms with E-state index >= 15 is 0 Å². The Kier molecular flexibility index (Phi) is 7.71. The van der Waals surface area contributed by atoms with Gasteiger partial charge in [0.1, 0.15) is 0 Å². The van der Waals surface area contributed by atoms with E-state index in [1.165, 1.54) is 30.3 Å². The molecular weight excluding hydrogens is 449 g/mol. The molecule has 0 unspecified atom stereocenters. The van der Waals surface area contributed by atoms with Crippen LogP contribution in [0.25, 0.3) is 5.57 Å². The number of benzene rings is 2. The number of aliphatic carboxylic acids is 1. The normalized spacial score (nSPS) is 13.1. The van der Waals surface area contributed by atoms with E-state index in [1.54, 1.807) is 32.9 Å². The monoisotopic (exact) mass is 471 g/mol. The van der Waals surface area contributed by atoms with Crippen LogP contribution in [0.15, 0.2) is 52.9 Å². The van der Waals surface area contributed by atoms with E-state index in [4.69, 9.17) is 23.2 Å². The summed E-state index contributed by atoms with van der Waals surface area (Å²) in [5, 5.41) is 19.7. The number of sulfonamides is 1. The van der Waals surface area contributed by atoms with E-state index in [-0.39, 0.29) is 23.5 Å². The summed E-state index contributed by atoms with van der Waals surface area (Å²) in [5.74, 6) is -1.21. The number of nitrogens with one attached hydrogen (secondary N) is 1. The van der Waals surface area contributed by atoms with Gasteiger partial charge in [-0.05, 0) is 67.8 Å². The maximum absolute atomic E-state index is 12.5.